The first-order valence-corrected chi connectivity index (χ1v) is 24.8. The van der Waals surface area contributed by atoms with E-state index in [9.17, 15) is 19.8 Å². The van der Waals surface area contributed by atoms with Gasteiger partial charge in [0.05, 0.1) is 47.6 Å². The number of carbonyl (C=O) groups excluding carboxylic acids is 2. The van der Waals surface area contributed by atoms with E-state index in [1.807, 2.05) is 51.1 Å². The van der Waals surface area contributed by atoms with E-state index in [2.05, 4.69) is 63.3 Å². The van der Waals surface area contributed by atoms with Crippen molar-refractivity contribution in [3.8, 4) is 52.4 Å². The molecule has 0 radical (unpaired) electrons. The number of benzene rings is 2. The van der Waals surface area contributed by atoms with Gasteiger partial charge in [0.2, 0.25) is 23.5 Å². The molecule has 6 atom stereocenters. The molecule has 4 aromatic heterocycles. The average Bonchev–Trinajstić information content (AvgIpc) is 4.10. The van der Waals surface area contributed by atoms with Crippen LogP contribution in [0.4, 0.5) is 17.2 Å². The molecule has 7 heterocycles. The summed E-state index contributed by atoms with van der Waals surface area (Å²) in [5.41, 5.74) is 10.7. The molecule has 380 valence electrons. The van der Waals surface area contributed by atoms with Crippen LogP contribution >= 0.6 is 0 Å². The van der Waals surface area contributed by atoms with Gasteiger partial charge in [-0.2, -0.15) is 5.26 Å². The molecular weight excluding hydrogens is 945 g/mol. The predicted molar refractivity (Wildman–Crippen MR) is 270 cm³/mol. The number of nitrogen functional groups attached to an aromatic ring is 1. The number of nitriles is 1. The molecule has 1 aliphatic carbocycles. The van der Waals surface area contributed by atoms with Crippen LogP contribution in [0.2, 0.25) is 0 Å². The number of nitrogens with zero attached hydrogens (tertiary/aromatic N) is 10. The molecular formula is C54H56N12O8. The first-order valence-electron chi connectivity index (χ1n) is 24.8. The second kappa shape index (κ2) is 21.3. The number of phenols is 1. The molecule has 4 aliphatic rings. The van der Waals surface area contributed by atoms with Crippen molar-refractivity contribution in [1.82, 2.24) is 40.5 Å². The van der Waals surface area contributed by atoms with Gasteiger partial charge in [-0.1, -0.05) is 44.0 Å². The lowest BCUT2D eigenvalue weighted by Crippen LogP contribution is -2.54. The highest BCUT2D eigenvalue weighted by molar-refractivity contribution is 5.91. The van der Waals surface area contributed by atoms with E-state index in [0.29, 0.717) is 47.1 Å². The van der Waals surface area contributed by atoms with E-state index in [4.69, 9.17) is 29.7 Å². The second-order valence-electron chi connectivity index (χ2n) is 19.5. The number of aliphatic hydroxyl groups is 1. The number of aromatic nitrogens is 6. The summed E-state index contributed by atoms with van der Waals surface area (Å²) in [7, 11) is 0. The number of nitrogens with one attached hydrogen (secondary N) is 1. The summed E-state index contributed by atoms with van der Waals surface area (Å²) in [5, 5.41) is 45.6. The third-order valence-electron chi connectivity index (χ3n) is 14.1. The number of aromatic hydroxyl groups is 1. The van der Waals surface area contributed by atoms with Crippen LogP contribution in [0, 0.1) is 29.1 Å². The molecule has 0 spiro atoms. The number of carbonyl (C=O) groups is 2. The SMILES string of the molecule is CC(C)[C@@H](C(=O)N1C[C@H](O)C[C@H]1C(=O)N[C@@H](C)c1ccc(C#N)cc1)c1cc(OCC#Cc2ncc(O[C@H]3C[C@H](Oc4cc(N5C6CCC5CN(c5cc(-c7ccccc7O)nnc5N)C6)ccn4)C3)cn2)no1. The number of β-amino-alcohol motifs (C(OH)–C–C–N with tert-alkyl or cyclic N) is 1. The second-order valence-corrected chi connectivity index (χ2v) is 19.5. The molecule has 10 rings (SSSR count). The number of phenolic OH excluding ortho intramolecular Hbond substituents is 1. The summed E-state index contributed by atoms with van der Waals surface area (Å²) < 4.78 is 23.8. The number of hydrogen-bond acceptors (Lipinski definition) is 18. The zero-order valence-corrected chi connectivity index (χ0v) is 41.1. The maximum atomic E-state index is 14.1. The summed E-state index contributed by atoms with van der Waals surface area (Å²) in [6.07, 6.45) is 7.48. The smallest absolute Gasteiger partial charge is 0.255 e. The van der Waals surface area contributed by atoms with Crippen molar-refractivity contribution < 1.29 is 38.5 Å². The summed E-state index contributed by atoms with van der Waals surface area (Å²) in [4.78, 5) is 46.9. The van der Waals surface area contributed by atoms with E-state index >= 15 is 0 Å². The number of anilines is 3. The number of hydrogen-bond donors (Lipinski definition) is 4. The molecule has 2 bridgehead atoms. The van der Waals surface area contributed by atoms with Crippen molar-refractivity contribution in [3.05, 3.63) is 114 Å². The number of likely N-dealkylation sites (tertiary alicyclic amines) is 1. The van der Waals surface area contributed by atoms with Gasteiger partial charge in [0.1, 0.15) is 29.9 Å². The third kappa shape index (κ3) is 10.7. The maximum Gasteiger partial charge on any atom is 0.255 e. The van der Waals surface area contributed by atoms with Crippen LogP contribution in [0.25, 0.3) is 11.3 Å². The number of rotatable bonds is 15. The Morgan fingerprint density at radius 2 is 1.65 bits per heavy atom. The number of nitrogens with two attached hydrogens (primary N) is 1. The van der Waals surface area contributed by atoms with Crippen LogP contribution in [0.5, 0.6) is 23.3 Å². The van der Waals surface area contributed by atoms with Crippen LogP contribution in [-0.2, 0) is 9.59 Å². The monoisotopic (exact) mass is 1000 g/mol. The number of pyridine rings is 1. The zero-order chi connectivity index (χ0) is 51.5. The van der Waals surface area contributed by atoms with Gasteiger partial charge in [-0.3, -0.25) is 9.59 Å². The minimum absolute atomic E-state index is 0.00365. The van der Waals surface area contributed by atoms with Gasteiger partial charge in [0.15, 0.2) is 23.9 Å². The van der Waals surface area contributed by atoms with E-state index in [0.717, 1.165) is 42.9 Å². The summed E-state index contributed by atoms with van der Waals surface area (Å²) >= 11 is 0. The fourth-order valence-electron chi connectivity index (χ4n) is 10.3. The normalized spacial score (nSPS) is 21.7. The highest BCUT2D eigenvalue weighted by atomic mass is 16.5. The Bertz CT molecular complexity index is 3080. The molecule has 5 N–H and O–H groups in total. The Hall–Kier alpha value is -8.49. The molecule has 2 unspecified atom stereocenters. The highest BCUT2D eigenvalue weighted by Crippen LogP contribution is 2.40. The summed E-state index contributed by atoms with van der Waals surface area (Å²) in [5.74, 6) is 6.20. The van der Waals surface area contributed by atoms with Gasteiger partial charge >= 0.3 is 0 Å². The Kier molecular flexibility index (Phi) is 14.1. The number of amides is 2. The van der Waals surface area contributed by atoms with Crippen LogP contribution in [0.3, 0.4) is 0 Å². The molecule has 3 aliphatic heterocycles. The lowest BCUT2D eigenvalue weighted by atomic mass is 9.91. The predicted octanol–water partition coefficient (Wildman–Crippen LogP) is 5.33. The fraction of sp³-hybridized carbons (Fsp3) is 0.389. The molecule has 3 saturated heterocycles. The lowest BCUT2D eigenvalue weighted by molar-refractivity contribution is -0.141. The van der Waals surface area contributed by atoms with E-state index in [1.54, 1.807) is 55.0 Å². The topological polar surface area (TPSA) is 264 Å². The Labute approximate surface area is 427 Å². The summed E-state index contributed by atoms with van der Waals surface area (Å²) in [6, 6.07) is 22.8. The van der Waals surface area contributed by atoms with Crippen LogP contribution in [0.15, 0.2) is 95.9 Å². The first-order chi connectivity index (χ1) is 35.9. The van der Waals surface area contributed by atoms with Gasteiger partial charge in [-0.05, 0) is 78.7 Å². The van der Waals surface area contributed by atoms with Crippen molar-refractivity contribution in [2.45, 2.75) is 101 Å². The van der Waals surface area contributed by atoms with E-state index < -0.39 is 24.1 Å². The van der Waals surface area contributed by atoms with Crippen molar-refractivity contribution in [2.75, 3.05) is 41.8 Å². The van der Waals surface area contributed by atoms with Crippen LogP contribution in [0.1, 0.15) is 87.5 Å². The van der Waals surface area contributed by atoms with Crippen LogP contribution in [-0.4, -0.2) is 120 Å². The van der Waals surface area contributed by atoms with Crippen molar-refractivity contribution in [2.24, 2.45) is 5.92 Å². The molecule has 20 heteroatoms. The molecule has 74 heavy (non-hydrogen) atoms. The Balaban J connectivity index is 0.672. The standard InChI is InChI=1S/C54H56N12O8/c1-31(2)51(54(70)65-30-38(67)20-45(65)53(69)60-32(3)34-12-10-33(25-55)11-13-34)47-24-50(63-74-47)71-18-6-9-48-58-26-41(27-59-48)72-39-21-40(22-39)73-49-19-35(16-17-57-49)66-36-14-15-37(66)29-64(28-36)44-23-43(61-62-52(44)56)42-7-4-5-8-46(42)68/h4-5,7-8,10-13,16-17,19,23-24,26-27,31-32,36-40,45,51,67-68H,14-15,18,20-22,28-30H2,1-3H3,(H2,56,62)(H,60,69)/t32-,36?,37?,38+,39-,40-,45-,51+/m0/s1. The highest BCUT2D eigenvalue weighted by Gasteiger charge is 2.44. The maximum absolute atomic E-state index is 14.1. The van der Waals surface area contributed by atoms with Gasteiger partial charge in [-0.25, -0.2) is 15.0 Å². The van der Waals surface area contributed by atoms with Gasteiger partial charge in [0.25, 0.3) is 5.88 Å². The molecule has 20 nitrogen and oxygen atoms in total. The molecule has 1 saturated carbocycles. The van der Waals surface area contributed by atoms with Crippen molar-refractivity contribution >= 4 is 29.0 Å². The molecule has 6 aromatic rings. The van der Waals surface area contributed by atoms with Gasteiger partial charge < -0.3 is 54.7 Å². The van der Waals surface area contributed by atoms with Crippen molar-refractivity contribution in [3.63, 3.8) is 0 Å². The van der Waals surface area contributed by atoms with Gasteiger partial charge in [-0.15, -0.1) is 10.2 Å². The number of piperazine rings is 1. The van der Waals surface area contributed by atoms with Gasteiger partial charge in [0, 0.05) is 80.6 Å². The van der Waals surface area contributed by atoms with Crippen molar-refractivity contribution in [1.29, 1.82) is 5.26 Å². The molecule has 4 fully saturated rings. The average molecular weight is 1000 g/mol. The van der Waals surface area contributed by atoms with E-state index in [1.165, 1.54) is 11.0 Å². The van der Waals surface area contributed by atoms with Crippen LogP contribution < -0.4 is 35.1 Å². The Morgan fingerprint density at radius 1 is 0.905 bits per heavy atom. The number of para-hydroxylation sites is 1. The number of ether oxygens (including phenoxy) is 3. The van der Waals surface area contributed by atoms with E-state index in [-0.39, 0.29) is 84.8 Å². The number of fused-ring (bicyclic) bond motifs is 2. The third-order valence-corrected chi connectivity index (χ3v) is 14.1. The fourth-order valence-corrected chi connectivity index (χ4v) is 10.3. The summed E-state index contributed by atoms with van der Waals surface area (Å²) in [6.45, 7) is 7.01. The number of aliphatic hydroxyl groups excluding tert-OH is 1. The lowest BCUT2D eigenvalue weighted by Gasteiger charge is -2.43. The molecule has 2 aromatic carbocycles. The first kappa shape index (κ1) is 49.1. The Morgan fingerprint density at radius 3 is 2.38 bits per heavy atom. The zero-order valence-electron chi connectivity index (χ0n) is 41.1. The molecule has 2 amide bonds. The minimum Gasteiger partial charge on any atom is -0.507 e. The largest absolute Gasteiger partial charge is 0.507 e. The minimum atomic E-state index is -0.889. The quantitative estimate of drug-likeness (QED) is 0.0947.